The fourth-order valence-electron chi connectivity index (χ4n) is 3.71. The third-order valence-electron chi connectivity index (χ3n) is 5.87. The molecule has 1 aliphatic heterocycles. The molecular weight excluding hydrogens is 476 g/mol. The summed E-state index contributed by atoms with van der Waals surface area (Å²) in [5.41, 5.74) is 0. The first-order valence-electron chi connectivity index (χ1n) is 13.8. The number of carbonyl (C=O) groups excluding carboxylic acids is 3. The van der Waals surface area contributed by atoms with E-state index >= 15 is 0 Å². The van der Waals surface area contributed by atoms with Crippen molar-refractivity contribution in [3.05, 3.63) is 85.1 Å². The number of nitrogens with one attached hydrogen (secondary N) is 1. The molecule has 208 valence electrons. The Morgan fingerprint density at radius 3 is 1.68 bits per heavy atom. The predicted molar refractivity (Wildman–Crippen MR) is 156 cm³/mol. The second kappa shape index (κ2) is 22.8. The number of nitrogens with zero attached hydrogens (tertiary/aromatic N) is 1. The third-order valence-corrected chi connectivity index (χ3v) is 5.87. The molecule has 0 aromatic carbocycles. The molecule has 0 radical (unpaired) electrons. The van der Waals surface area contributed by atoms with Crippen molar-refractivity contribution >= 4 is 17.8 Å². The molecule has 2 amide bonds. The Hall–Kier alpha value is -3.41. The van der Waals surface area contributed by atoms with E-state index in [9.17, 15) is 14.4 Å². The summed E-state index contributed by atoms with van der Waals surface area (Å²) in [5, 5.41) is 3.06. The van der Waals surface area contributed by atoms with Crippen LogP contribution in [0.4, 0.5) is 0 Å². The molecule has 0 unspecified atom stereocenters. The smallest absolute Gasteiger partial charge is 0.330 e. The van der Waals surface area contributed by atoms with Gasteiger partial charge in [0.2, 0.25) is 11.8 Å². The third kappa shape index (κ3) is 17.9. The molecule has 1 fully saturated rings. The maximum atomic E-state index is 12.2. The first kappa shape index (κ1) is 32.6. The molecule has 0 saturated carbocycles. The summed E-state index contributed by atoms with van der Waals surface area (Å²) >= 11 is 0. The Bertz CT molecular complexity index is 885. The summed E-state index contributed by atoms with van der Waals surface area (Å²) < 4.78 is 4.49. The first-order chi connectivity index (χ1) is 18.6. The molecule has 0 spiro atoms. The van der Waals surface area contributed by atoms with Gasteiger partial charge in [-0.2, -0.15) is 0 Å². The van der Waals surface area contributed by atoms with Crippen molar-refractivity contribution in [3.63, 3.8) is 0 Å². The van der Waals surface area contributed by atoms with Gasteiger partial charge in [-0.25, -0.2) is 4.79 Å². The summed E-state index contributed by atoms with van der Waals surface area (Å²) in [4.78, 5) is 37.1. The highest BCUT2D eigenvalue weighted by atomic mass is 16.5. The van der Waals surface area contributed by atoms with Crippen LogP contribution in [0, 0.1) is 0 Å². The Morgan fingerprint density at radius 2 is 1.21 bits per heavy atom. The van der Waals surface area contributed by atoms with Crippen molar-refractivity contribution in [2.45, 2.75) is 77.2 Å². The van der Waals surface area contributed by atoms with Gasteiger partial charge in [-0.05, 0) is 57.8 Å². The Morgan fingerprint density at radius 1 is 0.737 bits per heavy atom. The zero-order valence-corrected chi connectivity index (χ0v) is 23.2. The largest absolute Gasteiger partial charge is 0.466 e. The molecule has 38 heavy (non-hydrogen) atoms. The van der Waals surface area contributed by atoms with Crippen LogP contribution >= 0.6 is 0 Å². The highest BCUT2D eigenvalue weighted by molar-refractivity contribution is 5.94. The molecular formula is C32H46N2O4. The van der Waals surface area contributed by atoms with Crippen molar-refractivity contribution in [2.24, 2.45) is 0 Å². The molecule has 0 aliphatic carbocycles. The number of rotatable bonds is 17. The fraction of sp³-hybridized carbons (Fsp3) is 0.469. The second-order valence-corrected chi connectivity index (χ2v) is 8.98. The Balaban J connectivity index is 2.05. The van der Waals surface area contributed by atoms with Crippen LogP contribution in [0.3, 0.4) is 0 Å². The van der Waals surface area contributed by atoms with Gasteiger partial charge < -0.3 is 15.0 Å². The summed E-state index contributed by atoms with van der Waals surface area (Å²) in [7, 11) is 1.27. The molecule has 0 atom stereocenters. The number of piperidine rings is 1. The van der Waals surface area contributed by atoms with Crippen LogP contribution in [0.2, 0.25) is 0 Å². The number of hydrogen-bond donors (Lipinski definition) is 1. The molecule has 6 nitrogen and oxygen atoms in total. The number of allylic oxidation sites excluding steroid dienone is 12. The lowest BCUT2D eigenvalue weighted by Gasteiger charge is -2.31. The lowest BCUT2D eigenvalue weighted by atomic mass is 10.0. The highest BCUT2D eigenvalue weighted by Gasteiger charge is 2.22. The van der Waals surface area contributed by atoms with Crippen molar-refractivity contribution in [1.82, 2.24) is 10.2 Å². The number of hydrogen-bond acceptors (Lipinski definition) is 4. The quantitative estimate of drug-likeness (QED) is 0.138. The minimum Gasteiger partial charge on any atom is -0.466 e. The number of likely N-dealkylation sites (tertiary alicyclic amines) is 1. The van der Waals surface area contributed by atoms with Crippen LogP contribution in [0.25, 0.3) is 0 Å². The van der Waals surface area contributed by atoms with Gasteiger partial charge >= 0.3 is 5.97 Å². The van der Waals surface area contributed by atoms with E-state index in [1.54, 1.807) is 4.90 Å². The van der Waals surface area contributed by atoms with Gasteiger partial charge in [0.15, 0.2) is 0 Å². The molecule has 1 rings (SSSR count). The van der Waals surface area contributed by atoms with Gasteiger partial charge in [0.1, 0.15) is 0 Å². The van der Waals surface area contributed by atoms with Crippen molar-refractivity contribution in [2.75, 3.05) is 20.2 Å². The standard InChI is InChI=1S/C32H46N2O4/c1-3-4-5-6-7-8-9-10-11-12-13-14-15-16-17-18-19-20-21-22-30(35)33-29-25-27-34(28-26-29)31(36)23-24-32(37)38-2/h4-5,7-8,10-11,13-14,16-17,19-20,23-24,29H,3,6,9,12,15,18,21-22,25-28H2,1-2H3,(H,33,35). The summed E-state index contributed by atoms with van der Waals surface area (Å²) in [6, 6.07) is 0.0846. The molecule has 0 aromatic rings. The van der Waals surface area contributed by atoms with Crippen LogP contribution in [0.1, 0.15) is 71.1 Å². The topological polar surface area (TPSA) is 75.7 Å². The van der Waals surface area contributed by atoms with Crippen LogP contribution in [0.15, 0.2) is 85.1 Å². The lowest BCUT2D eigenvalue weighted by Crippen LogP contribution is -2.46. The number of carbonyl (C=O) groups is 3. The number of esters is 1. The van der Waals surface area contributed by atoms with Crippen LogP contribution in [-0.2, 0) is 19.1 Å². The van der Waals surface area contributed by atoms with Gasteiger partial charge in [0.05, 0.1) is 7.11 Å². The number of ether oxygens (including phenoxy) is 1. The van der Waals surface area contributed by atoms with E-state index in [1.165, 1.54) is 13.2 Å². The van der Waals surface area contributed by atoms with E-state index in [2.05, 4.69) is 83.8 Å². The summed E-state index contributed by atoms with van der Waals surface area (Å²) in [6.07, 6.45) is 36.8. The molecule has 1 aliphatic rings. The average Bonchev–Trinajstić information content (AvgIpc) is 2.93. The van der Waals surface area contributed by atoms with Crippen LogP contribution in [-0.4, -0.2) is 48.9 Å². The average molecular weight is 523 g/mol. The van der Waals surface area contributed by atoms with Gasteiger partial charge in [0.25, 0.3) is 0 Å². The second-order valence-electron chi connectivity index (χ2n) is 8.98. The molecule has 0 bridgehead atoms. The normalized spacial score (nSPS) is 15.5. The van der Waals surface area contributed by atoms with E-state index in [1.807, 2.05) is 6.08 Å². The summed E-state index contributed by atoms with van der Waals surface area (Å²) in [6.45, 7) is 3.26. The molecule has 1 saturated heterocycles. The van der Waals surface area contributed by atoms with Crippen LogP contribution < -0.4 is 5.32 Å². The fourth-order valence-corrected chi connectivity index (χ4v) is 3.71. The van der Waals surface area contributed by atoms with Crippen molar-refractivity contribution in [3.8, 4) is 0 Å². The monoisotopic (exact) mass is 522 g/mol. The minimum absolute atomic E-state index is 0.0416. The van der Waals surface area contributed by atoms with E-state index in [4.69, 9.17) is 0 Å². The highest BCUT2D eigenvalue weighted by Crippen LogP contribution is 2.11. The van der Waals surface area contributed by atoms with E-state index in [0.29, 0.717) is 38.8 Å². The van der Waals surface area contributed by atoms with Gasteiger partial charge in [-0.15, -0.1) is 0 Å². The number of amides is 2. The van der Waals surface area contributed by atoms with Crippen LogP contribution in [0.5, 0.6) is 0 Å². The van der Waals surface area contributed by atoms with E-state index in [-0.39, 0.29) is 17.9 Å². The minimum atomic E-state index is -0.549. The Labute approximate surface area is 229 Å². The maximum Gasteiger partial charge on any atom is 0.330 e. The zero-order chi connectivity index (χ0) is 27.7. The first-order valence-corrected chi connectivity index (χ1v) is 13.8. The molecule has 0 aromatic heterocycles. The van der Waals surface area contributed by atoms with Gasteiger partial charge in [-0.3, -0.25) is 9.59 Å². The van der Waals surface area contributed by atoms with E-state index < -0.39 is 5.97 Å². The lowest BCUT2D eigenvalue weighted by molar-refractivity contribution is -0.135. The predicted octanol–water partition coefficient (Wildman–Crippen LogP) is 6.30. The van der Waals surface area contributed by atoms with Gasteiger partial charge in [0, 0.05) is 37.7 Å². The van der Waals surface area contributed by atoms with Gasteiger partial charge in [-0.1, -0.05) is 79.8 Å². The number of methoxy groups -OCH3 is 1. The Kier molecular flexibility index (Phi) is 19.5. The van der Waals surface area contributed by atoms with E-state index in [0.717, 1.165) is 44.6 Å². The van der Waals surface area contributed by atoms with Crippen molar-refractivity contribution in [1.29, 1.82) is 0 Å². The molecule has 1 N–H and O–H groups in total. The van der Waals surface area contributed by atoms with Crippen molar-refractivity contribution < 1.29 is 19.1 Å². The molecule has 1 heterocycles. The SMILES string of the molecule is CCC=CCC=CCC=CCC=CCC=CCC=CCCC(=O)NC1CCN(C(=O)C=CC(=O)OC)CC1. The zero-order valence-electron chi connectivity index (χ0n) is 23.2. The maximum absolute atomic E-state index is 12.2. The summed E-state index contributed by atoms with van der Waals surface area (Å²) in [5.74, 6) is -0.717. The molecule has 6 heteroatoms.